The number of nitrogens with zero attached hydrogens (tertiary/aromatic N) is 2. The van der Waals surface area contributed by atoms with E-state index in [0.29, 0.717) is 5.56 Å². The molecule has 0 radical (unpaired) electrons. The number of amides is 13. The topological polar surface area (TPSA) is 740 Å². The molecule has 0 aliphatic carbocycles. The molecular formula is C63H104N20O23. The highest BCUT2D eigenvalue weighted by Crippen LogP contribution is 2.16. The zero-order valence-corrected chi connectivity index (χ0v) is 60.0. The lowest BCUT2D eigenvalue weighted by Crippen LogP contribution is -2.64. The number of aliphatic hydroxyl groups is 3. The number of phenols is 1. The summed E-state index contributed by atoms with van der Waals surface area (Å²) >= 11 is 0. The van der Waals surface area contributed by atoms with Crippen LogP contribution >= 0.6 is 0 Å². The van der Waals surface area contributed by atoms with Crippen LogP contribution in [0.2, 0.25) is 0 Å². The van der Waals surface area contributed by atoms with Crippen molar-refractivity contribution in [2.45, 2.75) is 204 Å². The average molecular weight is 1510 g/mol. The molecule has 594 valence electrons. The smallest absolute Gasteiger partial charge is 0.326 e. The van der Waals surface area contributed by atoms with Crippen molar-refractivity contribution >= 4 is 107 Å². The molecule has 0 aliphatic rings. The summed E-state index contributed by atoms with van der Waals surface area (Å²) in [6.07, 6.45) is -6.90. The molecule has 0 aliphatic heterocycles. The molecule has 0 aromatic heterocycles. The standard InChI is InChI=1S/C63H104N20O23/c1-9-28(5)46(80-60(104)49(31(8)86)83-58(102)47(29(6)10-2)81-59(103)48(30(7)85)82-55(99)40(26-84)78-50(94)34(64)22-43(90)91)57(101)74-35(13-11-19-70-62(66)67)51(95)72-25-42(89)73-37(21-32-15-17-33(87)18-16-32)54(98)79-45(27(3)4)56(100)75-36(14-12-20-71-63(68)69)52(96)76-38(24-44(92)93)53(97)77-39(61(105)106)23-41(65)88/h15-18,27-31,34-40,45-49,84-87H,9-14,19-26,64H2,1-8H3,(H2,65,88)(H,72,95)(H,73,89)(H,74,101)(H,75,100)(H,76,96)(H,77,97)(H,78,94)(H,79,98)(H,80,104)(H,81,103)(H,82,99)(H,83,102)(H,90,91)(H,92,93)(H,105,106)(H4,66,67,70)(H4,68,69,71)/t28-,29-,30+,31+,34-,35-,36-,37-,38-,39-,40-,45-,46-,47-,48-,49-/m0/s1. The van der Waals surface area contributed by atoms with Gasteiger partial charge in [0, 0.05) is 19.5 Å². The number of carboxylic acids is 3. The molecule has 43 heteroatoms. The molecule has 0 spiro atoms. The highest BCUT2D eigenvalue weighted by Gasteiger charge is 2.40. The number of carboxylic acid groups (broad SMARTS) is 3. The van der Waals surface area contributed by atoms with Gasteiger partial charge in [-0.05, 0) is 75.0 Å². The summed E-state index contributed by atoms with van der Waals surface area (Å²) < 4.78 is 0. The molecule has 0 heterocycles. The van der Waals surface area contributed by atoms with E-state index < -0.39 is 230 Å². The molecule has 0 fully saturated rings. The van der Waals surface area contributed by atoms with Gasteiger partial charge in [0.2, 0.25) is 76.8 Å². The second-order valence-electron chi connectivity index (χ2n) is 25.3. The molecule has 0 bridgehead atoms. The van der Waals surface area contributed by atoms with Gasteiger partial charge in [-0.2, -0.15) is 0 Å². The Morgan fingerprint density at radius 2 is 0.811 bits per heavy atom. The van der Waals surface area contributed by atoms with Crippen LogP contribution in [0, 0.1) is 17.8 Å². The van der Waals surface area contributed by atoms with E-state index in [9.17, 15) is 107 Å². The van der Waals surface area contributed by atoms with Crippen LogP contribution in [0.4, 0.5) is 0 Å². The predicted molar refractivity (Wildman–Crippen MR) is 374 cm³/mol. The minimum Gasteiger partial charge on any atom is -0.508 e. The first-order chi connectivity index (χ1) is 49.5. The van der Waals surface area contributed by atoms with E-state index in [0.717, 1.165) is 13.8 Å². The van der Waals surface area contributed by atoms with Crippen LogP contribution in [-0.2, 0) is 83.1 Å². The van der Waals surface area contributed by atoms with Gasteiger partial charge in [-0.15, -0.1) is 0 Å². The molecular weight excluding hydrogens is 1400 g/mol. The summed E-state index contributed by atoms with van der Waals surface area (Å²) in [6, 6.07) is -15.3. The number of phenolic OH excluding ortho intramolecular Hbond substituents is 1. The number of primary amides is 1. The number of aromatic hydroxyl groups is 1. The number of nitrogens with two attached hydrogens (primary N) is 6. The molecule has 106 heavy (non-hydrogen) atoms. The fourth-order valence-electron chi connectivity index (χ4n) is 9.75. The summed E-state index contributed by atoms with van der Waals surface area (Å²) in [5, 5.41) is 97.6. The van der Waals surface area contributed by atoms with Crippen LogP contribution in [0.25, 0.3) is 0 Å². The molecule has 0 saturated heterocycles. The van der Waals surface area contributed by atoms with Crippen molar-refractivity contribution in [2.75, 3.05) is 26.2 Å². The normalized spacial score (nSPS) is 15.6. The fourth-order valence-corrected chi connectivity index (χ4v) is 9.75. The third-order valence-corrected chi connectivity index (χ3v) is 16.1. The van der Waals surface area contributed by atoms with E-state index >= 15 is 0 Å². The van der Waals surface area contributed by atoms with E-state index in [2.05, 4.69) is 63.2 Å². The number of nitrogens with one attached hydrogen (secondary N) is 12. The maximum absolute atomic E-state index is 14.4. The van der Waals surface area contributed by atoms with E-state index in [-0.39, 0.29) is 75.7 Å². The minimum atomic E-state index is -2.01. The third kappa shape index (κ3) is 34.0. The number of aliphatic hydroxyl groups excluding tert-OH is 3. The molecule has 43 nitrogen and oxygen atoms in total. The van der Waals surface area contributed by atoms with Gasteiger partial charge in [-0.25, -0.2) is 4.79 Å². The highest BCUT2D eigenvalue weighted by atomic mass is 16.4. The molecule has 13 amide bonds. The lowest BCUT2D eigenvalue weighted by atomic mass is 9.95. The Bertz CT molecular complexity index is 3280. The Morgan fingerprint density at radius 3 is 1.24 bits per heavy atom. The first-order valence-corrected chi connectivity index (χ1v) is 33.7. The van der Waals surface area contributed by atoms with Crippen LogP contribution in [0.15, 0.2) is 34.3 Å². The molecule has 1 aromatic carbocycles. The number of hydrogen-bond acceptors (Lipinski definition) is 23. The van der Waals surface area contributed by atoms with E-state index in [4.69, 9.17) is 39.5 Å². The molecule has 1 aromatic rings. The summed E-state index contributed by atoms with van der Waals surface area (Å²) in [5.74, 6) is -22.7. The Kier molecular flexibility index (Phi) is 40.9. The minimum absolute atomic E-state index is 0.00381. The van der Waals surface area contributed by atoms with Gasteiger partial charge < -0.3 is 134 Å². The number of hydrogen-bond donors (Lipinski definition) is 25. The zero-order chi connectivity index (χ0) is 81.0. The number of rotatable bonds is 49. The number of aliphatic carboxylic acids is 3. The van der Waals surface area contributed by atoms with Crippen LogP contribution in [0.1, 0.15) is 119 Å². The first kappa shape index (κ1) is 92.9. The van der Waals surface area contributed by atoms with E-state index in [1.54, 1.807) is 13.8 Å². The maximum Gasteiger partial charge on any atom is 0.326 e. The maximum atomic E-state index is 14.4. The summed E-state index contributed by atoms with van der Waals surface area (Å²) in [5.41, 5.74) is 32.9. The van der Waals surface area contributed by atoms with Crippen molar-refractivity contribution in [1.29, 1.82) is 0 Å². The monoisotopic (exact) mass is 1510 g/mol. The number of guanidine groups is 2. The number of carbonyl (C=O) groups is 16. The lowest BCUT2D eigenvalue weighted by Gasteiger charge is -2.31. The Balaban J connectivity index is 3.64. The average Bonchev–Trinajstić information content (AvgIpc) is 0.841. The first-order valence-electron chi connectivity index (χ1n) is 33.7. The third-order valence-electron chi connectivity index (χ3n) is 16.1. The largest absolute Gasteiger partial charge is 0.508 e. The molecule has 31 N–H and O–H groups in total. The molecule has 0 unspecified atom stereocenters. The number of carbonyl (C=O) groups excluding carboxylic acids is 13. The zero-order valence-electron chi connectivity index (χ0n) is 60.0. The molecule has 1 rings (SSSR count). The van der Waals surface area contributed by atoms with Gasteiger partial charge in [-0.3, -0.25) is 81.9 Å². The lowest BCUT2D eigenvalue weighted by molar-refractivity contribution is -0.145. The Hall–Kier alpha value is -11.1. The summed E-state index contributed by atoms with van der Waals surface area (Å²) in [4.78, 5) is 220. The fraction of sp³-hybridized carbons (Fsp3) is 0.619. The SMILES string of the molecule is CC[C@H](C)[C@H](NC(=O)[C@@H](NC(=O)[C@@H](NC(=O)[C@@H](NC(=O)[C@H](CO)NC(=O)[C@@H](N)CC(=O)O)[C@@H](C)O)[C@@H](C)CC)[C@@H](C)O)C(=O)N[C@@H](CCCN=C(N)N)C(=O)NCC(=O)N[C@@H](Cc1ccc(O)cc1)C(=O)N[C@H](C(=O)N[C@@H](CCCN=C(N)N)C(=O)N[C@@H](CC(=O)O)C(=O)N[C@@H](CC(N)=O)C(=O)O)C(C)C. The van der Waals surface area contributed by atoms with E-state index in [1.807, 2.05) is 10.6 Å². The second kappa shape index (κ2) is 46.6. The van der Waals surface area contributed by atoms with Gasteiger partial charge in [0.1, 0.15) is 72.2 Å². The van der Waals surface area contributed by atoms with Crippen molar-refractivity contribution in [2.24, 2.45) is 62.1 Å². The van der Waals surface area contributed by atoms with E-state index in [1.165, 1.54) is 52.0 Å². The summed E-state index contributed by atoms with van der Waals surface area (Å²) in [6.45, 7) is 9.27. The quantitative estimate of drug-likeness (QED) is 0.0164. The number of benzene rings is 1. The van der Waals surface area contributed by atoms with Crippen molar-refractivity contribution in [3.8, 4) is 5.75 Å². The Morgan fingerprint density at radius 1 is 0.434 bits per heavy atom. The van der Waals surface area contributed by atoms with Crippen LogP contribution in [0.5, 0.6) is 5.75 Å². The van der Waals surface area contributed by atoms with Crippen LogP contribution < -0.4 is 98.2 Å². The van der Waals surface area contributed by atoms with Gasteiger partial charge in [0.25, 0.3) is 0 Å². The van der Waals surface area contributed by atoms with Gasteiger partial charge >= 0.3 is 17.9 Å². The number of aliphatic imine (C=N–C) groups is 2. The molecule has 0 saturated carbocycles. The van der Waals surface area contributed by atoms with Gasteiger partial charge in [-0.1, -0.05) is 66.5 Å². The van der Waals surface area contributed by atoms with Gasteiger partial charge in [0.05, 0.1) is 50.7 Å². The van der Waals surface area contributed by atoms with Gasteiger partial charge in [0.15, 0.2) is 11.9 Å². The summed E-state index contributed by atoms with van der Waals surface area (Å²) in [7, 11) is 0. The van der Waals surface area contributed by atoms with Crippen molar-refractivity contribution in [3.05, 3.63) is 29.8 Å². The van der Waals surface area contributed by atoms with Crippen LogP contribution in [-0.4, -0.2) is 253 Å². The second-order valence-corrected chi connectivity index (χ2v) is 25.3. The Labute approximate surface area is 609 Å². The van der Waals surface area contributed by atoms with Crippen molar-refractivity contribution < 1.29 is 112 Å². The van der Waals surface area contributed by atoms with Crippen molar-refractivity contribution in [3.63, 3.8) is 0 Å². The highest BCUT2D eigenvalue weighted by molar-refractivity contribution is 6.00. The van der Waals surface area contributed by atoms with Crippen LogP contribution in [0.3, 0.4) is 0 Å². The van der Waals surface area contributed by atoms with Crippen molar-refractivity contribution in [1.82, 2.24) is 63.8 Å². The molecule has 16 atom stereocenters. The predicted octanol–water partition coefficient (Wildman–Crippen LogP) is -9.77.